The van der Waals surface area contributed by atoms with Crippen LogP contribution in [0.5, 0.6) is 11.5 Å². The van der Waals surface area contributed by atoms with Gasteiger partial charge in [0.25, 0.3) is 0 Å². The molecule has 0 aromatic heterocycles. The summed E-state index contributed by atoms with van der Waals surface area (Å²) in [5.41, 5.74) is 0. The third-order valence-electron chi connectivity index (χ3n) is 3.06. The largest absolute Gasteiger partial charge is 0.497 e. The van der Waals surface area contributed by atoms with Crippen molar-refractivity contribution in [2.24, 2.45) is 4.99 Å². The van der Waals surface area contributed by atoms with Gasteiger partial charge >= 0.3 is 0 Å². The van der Waals surface area contributed by atoms with Crippen LogP contribution in [0, 0.1) is 0 Å². The predicted molar refractivity (Wildman–Crippen MR) is 93.6 cm³/mol. The van der Waals surface area contributed by atoms with Crippen LogP contribution < -0.4 is 20.1 Å². The van der Waals surface area contributed by atoms with Crippen LogP contribution in [0.25, 0.3) is 0 Å². The normalized spacial score (nSPS) is 11.2. The minimum Gasteiger partial charge on any atom is -0.497 e. The molecular formula is C17H29N3O3. The number of nitrogens with one attached hydrogen (secondary N) is 2. The highest BCUT2D eigenvalue weighted by Crippen LogP contribution is 2.16. The Morgan fingerprint density at radius 3 is 2.39 bits per heavy atom. The molecule has 0 heterocycles. The summed E-state index contributed by atoms with van der Waals surface area (Å²) in [4.78, 5) is 4.52. The predicted octanol–water partition coefficient (Wildman–Crippen LogP) is 2.06. The number of aliphatic imine (C=N–C) groups is 1. The van der Waals surface area contributed by atoms with Crippen LogP contribution in [-0.4, -0.2) is 53.0 Å². The Balaban J connectivity index is 2.22. The third kappa shape index (κ3) is 8.93. The lowest BCUT2D eigenvalue weighted by atomic mass is 10.3. The second kappa shape index (κ2) is 12.6. The molecule has 0 aliphatic carbocycles. The van der Waals surface area contributed by atoms with E-state index in [4.69, 9.17) is 14.2 Å². The van der Waals surface area contributed by atoms with Gasteiger partial charge in [-0.05, 0) is 37.6 Å². The molecule has 1 rings (SSSR count). The van der Waals surface area contributed by atoms with E-state index in [0.29, 0.717) is 6.61 Å². The molecule has 1 aromatic carbocycles. The summed E-state index contributed by atoms with van der Waals surface area (Å²) in [6.45, 7) is 5.86. The van der Waals surface area contributed by atoms with E-state index in [-0.39, 0.29) is 0 Å². The summed E-state index contributed by atoms with van der Waals surface area (Å²) in [5, 5.41) is 6.51. The van der Waals surface area contributed by atoms with Gasteiger partial charge in [-0.2, -0.15) is 0 Å². The lowest BCUT2D eigenvalue weighted by molar-refractivity contribution is 0.195. The molecule has 0 bridgehead atoms. The van der Waals surface area contributed by atoms with Crippen LogP contribution in [-0.2, 0) is 4.74 Å². The van der Waals surface area contributed by atoms with E-state index < -0.39 is 0 Å². The van der Waals surface area contributed by atoms with E-state index in [9.17, 15) is 0 Å². The van der Waals surface area contributed by atoms with E-state index in [1.54, 1.807) is 14.2 Å². The zero-order valence-corrected chi connectivity index (χ0v) is 14.4. The molecule has 0 aliphatic heterocycles. The molecule has 0 unspecified atom stereocenters. The van der Waals surface area contributed by atoms with Crippen molar-refractivity contribution in [2.45, 2.75) is 19.8 Å². The molecule has 130 valence electrons. The Morgan fingerprint density at radius 2 is 1.74 bits per heavy atom. The molecule has 0 fully saturated rings. The van der Waals surface area contributed by atoms with Crippen molar-refractivity contribution < 1.29 is 14.2 Å². The third-order valence-corrected chi connectivity index (χ3v) is 3.06. The van der Waals surface area contributed by atoms with Crippen LogP contribution in [0.15, 0.2) is 29.3 Å². The summed E-state index contributed by atoms with van der Waals surface area (Å²) in [6.07, 6.45) is 1.82. The molecule has 23 heavy (non-hydrogen) atoms. The number of methoxy groups -OCH3 is 2. The minimum atomic E-state index is 0.638. The standard InChI is InChI=1S/C17H29N3O3/c1-4-18-17(19-11-5-13-21-2)20-12-6-14-23-16-9-7-15(22-3)8-10-16/h7-10H,4-6,11-14H2,1-3H3,(H2,18,19,20). The van der Waals surface area contributed by atoms with E-state index in [0.717, 1.165) is 56.5 Å². The number of nitrogens with zero attached hydrogens (tertiary/aromatic N) is 1. The summed E-state index contributed by atoms with van der Waals surface area (Å²) in [6, 6.07) is 7.59. The van der Waals surface area contributed by atoms with Gasteiger partial charge in [0.15, 0.2) is 5.96 Å². The van der Waals surface area contributed by atoms with Gasteiger partial charge in [0, 0.05) is 39.8 Å². The molecule has 0 amide bonds. The van der Waals surface area contributed by atoms with Crippen LogP contribution in [0.4, 0.5) is 0 Å². The fraction of sp³-hybridized carbons (Fsp3) is 0.588. The molecular weight excluding hydrogens is 294 g/mol. The Morgan fingerprint density at radius 1 is 1.00 bits per heavy atom. The lowest BCUT2D eigenvalue weighted by Crippen LogP contribution is -2.38. The highest BCUT2D eigenvalue weighted by Gasteiger charge is 1.97. The first-order valence-electron chi connectivity index (χ1n) is 8.08. The number of hydrogen-bond donors (Lipinski definition) is 2. The number of guanidine groups is 1. The highest BCUT2D eigenvalue weighted by atomic mass is 16.5. The van der Waals surface area contributed by atoms with Crippen molar-refractivity contribution in [3.8, 4) is 11.5 Å². The topological polar surface area (TPSA) is 64.1 Å². The monoisotopic (exact) mass is 323 g/mol. The van der Waals surface area contributed by atoms with Crippen molar-refractivity contribution in [1.29, 1.82) is 0 Å². The average Bonchev–Trinajstić information content (AvgIpc) is 2.58. The van der Waals surface area contributed by atoms with Gasteiger partial charge in [-0.15, -0.1) is 0 Å². The lowest BCUT2D eigenvalue weighted by Gasteiger charge is -2.11. The summed E-state index contributed by atoms with van der Waals surface area (Å²) < 4.78 is 15.8. The fourth-order valence-electron chi connectivity index (χ4n) is 1.88. The summed E-state index contributed by atoms with van der Waals surface area (Å²) in [5.74, 6) is 2.52. The maximum Gasteiger partial charge on any atom is 0.191 e. The molecule has 0 aliphatic rings. The van der Waals surface area contributed by atoms with Gasteiger partial charge in [-0.1, -0.05) is 0 Å². The average molecular weight is 323 g/mol. The molecule has 6 nitrogen and oxygen atoms in total. The fourth-order valence-corrected chi connectivity index (χ4v) is 1.88. The Hall–Kier alpha value is -1.95. The van der Waals surface area contributed by atoms with Crippen LogP contribution in [0.2, 0.25) is 0 Å². The molecule has 0 spiro atoms. The van der Waals surface area contributed by atoms with Gasteiger partial charge in [-0.25, -0.2) is 0 Å². The van der Waals surface area contributed by atoms with Crippen molar-refractivity contribution >= 4 is 5.96 Å². The van der Waals surface area contributed by atoms with Gasteiger partial charge in [0.2, 0.25) is 0 Å². The van der Waals surface area contributed by atoms with Crippen molar-refractivity contribution in [3.05, 3.63) is 24.3 Å². The second-order valence-corrected chi connectivity index (χ2v) is 4.91. The van der Waals surface area contributed by atoms with Crippen LogP contribution in [0.3, 0.4) is 0 Å². The molecule has 0 saturated carbocycles. The van der Waals surface area contributed by atoms with Crippen LogP contribution >= 0.6 is 0 Å². The maximum absolute atomic E-state index is 5.68. The molecule has 0 saturated heterocycles. The van der Waals surface area contributed by atoms with E-state index in [1.165, 1.54) is 0 Å². The first-order chi connectivity index (χ1) is 11.3. The van der Waals surface area contributed by atoms with Gasteiger partial charge in [-0.3, -0.25) is 4.99 Å². The van der Waals surface area contributed by atoms with Gasteiger partial charge < -0.3 is 24.8 Å². The highest BCUT2D eigenvalue weighted by molar-refractivity contribution is 5.79. The number of ether oxygens (including phenoxy) is 3. The molecule has 1 aromatic rings. The minimum absolute atomic E-state index is 0.638. The van der Waals surface area contributed by atoms with Crippen molar-refractivity contribution in [3.63, 3.8) is 0 Å². The number of rotatable bonds is 11. The number of hydrogen-bond acceptors (Lipinski definition) is 4. The quantitative estimate of drug-likeness (QED) is 0.371. The Bertz CT molecular complexity index is 435. The molecule has 0 atom stereocenters. The van der Waals surface area contributed by atoms with Crippen molar-refractivity contribution in [2.75, 3.05) is 47.1 Å². The molecule has 6 heteroatoms. The molecule has 0 radical (unpaired) electrons. The number of benzene rings is 1. The Labute approximate surface area is 139 Å². The zero-order chi connectivity index (χ0) is 16.8. The summed E-state index contributed by atoms with van der Waals surface area (Å²) in [7, 11) is 3.36. The van der Waals surface area contributed by atoms with Gasteiger partial charge in [0.1, 0.15) is 11.5 Å². The SMILES string of the molecule is CCNC(=NCCCOc1ccc(OC)cc1)NCCCOC. The van der Waals surface area contributed by atoms with Gasteiger partial charge in [0.05, 0.1) is 13.7 Å². The first-order valence-corrected chi connectivity index (χ1v) is 8.08. The zero-order valence-electron chi connectivity index (χ0n) is 14.4. The molecule has 2 N–H and O–H groups in total. The van der Waals surface area contributed by atoms with E-state index in [1.807, 2.05) is 24.3 Å². The van der Waals surface area contributed by atoms with Crippen molar-refractivity contribution in [1.82, 2.24) is 10.6 Å². The Kier molecular flexibility index (Phi) is 10.4. The van der Waals surface area contributed by atoms with Crippen LogP contribution in [0.1, 0.15) is 19.8 Å². The van der Waals surface area contributed by atoms with E-state index in [2.05, 4.69) is 22.5 Å². The smallest absolute Gasteiger partial charge is 0.191 e. The van der Waals surface area contributed by atoms with E-state index >= 15 is 0 Å². The maximum atomic E-state index is 5.68. The summed E-state index contributed by atoms with van der Waals surface area (Å²) >= 11 is 0. The second-order valence-electron chi connectivity index (χ2n) is 4.91. The first kappa shape index (κ1) is 19.1.